The van der Waals surface area contributed by atoms with Gasteiger partial charge in [-0.2, -0.15) is 0 Å². The molecule has 16 heavy (non-hydrogen) atoms. The molecule has 92 valence electrons. The molecular formula is C13H25N3. The highest BCUT2D eigenvalue weighted by Crippen LogP contribution is 2.22. The molecule has 0 aliphatic carbocycles. The Morgan fingerprint density at radius 3 is 2.56 bits per heavy atom. The number of hydrogen-bond donors (Lipinski definition) is 1. The molecule has 3 heteroatoms. The van der Waals surface area contributed by atoms with Crippen LogP contribution in [0.3, 0.4) is 0 Å². The molecule has 1 unspecified atom stereocenters. The Bertz CT molecular complexity index is 309. The van der Waals surface area contributed by atoms with Crippen LogP contribution in [0.4, 0.5) is 0 Å². The Morgan fingerprint density at radius 2 is 2.12 bits per heavy atom. The van der Waals surface area contributed by atoms with Crippen LogP contribution in [0.25, 0.3) is 0 Å². The number of aryl methyl sites for hydroxylation is 2. The molecule has 0 spiro atoms. The standard InChI is InChI=1S/C13H25N3/c1-6-14-11(13(2,3)4)7-8-12-15-9-10-16(12)5/h9-11,14H,6-8H2,1-5H3. The molecule has 1 rings (SSSR count). The number of imidazole rings is 1. The first kappa shape index (κ1) is 13.2. The average Bonchev–Trinajstić information content (AvgIpc) is 2.57. The maximum Gasteiger partial charge on any atom is 0.108 e. The van der Waals surface area contributed by atoms with Crippen molar-refractivity contribution >= 4 is 0 Å². The molecule has 0 aliphatic rings. The van der Waals surface area contributed by atoms with Gasteiger partial charge in [0.25, 0.3) is 0 Å². The van der Waals surface area contributed by atoms with Gasteiger partial charge in [0, 0.05) is 31.9 Å². The van der Waals surface area contributed by atoms with E-state index in [1.165, 1.54) is 5.82 Å². The summed E-state index contributed by atoms with van der Waals surface area (Å²) in [6, 6.07) is 0.550. The largest absolute Gasteiger partial charge is 0.338 e. The first-order chi connectivity index (χ1) is 7.45. The molecule has 1 N–H and O–H groups in total. The number of nitrogens with one attached hydrogen (secondary N) is 1. The van der Waals surface area contributed by atoms with Crippen LogP contribution < -0.4 is 5.32 Å². The molecule has 0 amide bonds. The van der Waals surface area contributed by atoms with E-state index in [0.717, 1.165) is 19.4 Å². The molecule has 0 aromatic carbocycles. The second kappa shape index (κ2) is 5.48. The van der Waals surface area contributed by atoms with E-state index in [2.05, 4.69) is 49.6 Å². The van der Waals surface area contributed by atoms with Crippen molar-refractivity contribution in [2.24, 2.45) is 12.5 Å². The fraction of sp³-hybridized carbons (Fsp3) is 0.769. The zero-order valence-electron chi connectivity index (χ0n) is 11.2. The van der Waals surface area contributed by atoms with Gasteiger partial charge in [0.05, 0.1) is 0 Å². The summed E-state index contributed by atoms with van der Waals surface area (Å²) < 4.78 is 2.10. The molecule has 0 fully saturated rings. The molecule has 0 aliphatic heterocycles. The van der Waals surface area contributed by atoms with Gasteiger partial charge in [0.15, 0.2) is 0 Å². The van der Waals surface area contributed by atoms with Gasteiger partial charge in [0.1, 0.15) is 5.82 Å². The zero-order valence-corrected chi connectivity index (χ0v) is 11.2. The smallest absolute Gasteiger partial charge is 0.108 e. The predicted octanol–water partition coefficient (Wildman–Crippen LogP) is 2.38. The quantitative estimate of drug-likeness (QED) is 0.830. The topological polar surface area (TPSA) is 29.9 Å². The van der Waals surface area contributed by atoms with Crippen LogP contribution in [-0.4, -0.2) is 22.1 Å². The van der Waals surface area contributed by atoms with Crippen LogP contribution in [0.5, 0.6) is 0 Å². The van der Waals surface area contributed by atoms with Gasteiger partial charge in [0.2, 0.25) is 0 Å². The molecule has 1 heterocycles. The van der Waals surface area contributed by atoms with E-state index < -0.39 is 0 Å². The monoisotopic (exact) mass is 223 g/mol. The lowest BCUT2D eigenvalue weighted by Crippen LogP contribution is -2.40. The second-order valence-electron chi connectivity index (χ2n) is 5.47. The van der Waals surface area contributed by atoms with Crippen LogP contribution in [0.15, 0.2) is 12.4 Å². The average molecular weight is 223 g/mol. The lowest BCUT2D eigenvalue weighted by Gasteiger charge is -2.31. The van der Waals surface area contributed by atoms with Gasteiger partial charge in [-0.05, 0) is 18.4 Å². The van der Waals surface area contributed by atoms with E-state index in [9.17, 15) is 0 Å². The molecule has 1 atom stereocenters. The molecule has 1 aromatic heterocycles. The minimum Gasteiger partial charge on any atom is -0.338 e. The Morgan fingerprint density at radius 1 is 1.44 bits per heavy atom. The highest BCUT2D eigenvalue weighted by atomic mass is 15.0. The van der Waals surface area contributed by atoms with Crippen molar-refractivity contribution in [3.05, 3.63) is 18.2 Å². The minimum atomic E-state index is 0.307. The Hall–Kier alpha value is -0.830. The van der Waals surface area contributed by atoms with Crippen molar-refractivity contribution < 1.29 is 0 Å². The van der Waals surface area contributed by atoms with Crippen molar-refractivity contribution in [3.8, 4) is 0 Å². The lowest BCUT2D eigenvalue weighted by atomic mass is 9.84. The highest BCUT2D eigenvalue weighted by molar-refractivity contribution is 4.93. The zero-order chi connectivity index (χ0) is 12.2. The second-order valence-corrected chi connectivity index (χ2v) is 5.47. The SMILES string of the molecule is CCNC(CCc1nccn1C)C(C)(C)C. The van der Waals surface area contributed by atoms with Crippen LogP contribution in [0.2, 0.25) is 0 Å². The van der Waals surface area contributed by atoms with E-state index >= 15 is 0 Å². The Labute approximate surface area is 99.3 Å². The fourth-order valence-corrected chi connectivity index (χ4v) is 2.00. The number of rotatable bonds is 5. The highest BCUT2D eigenvalue weighted by Gasteiger charge is 2.23. The molecule has 0 saturated carbocycles. The van der Waals surface area contributed by atoms with Gasteiger partial charge < -0.3 is 9.88 Å². The third kappa shape index (κ3) is 3.63. The summed E-state index contributed by atoms with van der Waals surface area (Å²) in [4.78, 5) is 4.37. The number of aromatic nitrogens is 2. The van der Waals surface area contributed by atoms with Crippen molar-refractivity contribution in [1.82, 2.24) is 14.9 Å². The van der Waals surface area contributed by atoms with Crippen LogP contribution in [0.1, 0.15) is 39.9 Å². The molecule has 0 radical (unpaired) electrons. The van der Waals surface area contributed by atoms with Crippen molar-refractivity contribution in [3.63, 3.8) is 0 Å². The Kier molecular flexibility index (Phi) is 4.54. The van der Waals surface area contributed by atoms with Gasteiger partial charge in [-0.25, -0.2) is 4.98 Å². The Balaban J connectivity index is 2.54. The predicted molar refractivity (Wildman–Crippen MR) is 68.4 cm³/mol. The van der Waals surface area contributed by atoms with Gasteiger partial charge >= 0.3 is 0 Å². The van der Waals surface area contributed by atoms with Crippen molar-refractivity contribution in [1.29, 1.82) is 0 Å². The van der Waals surface area contributed by atoms with Crippen LogP contribution >= 0.6 is 0 Å². The summed E-state index contributed by atoms with van der Waals surface area (Å²) in [5, 5.41) is 3.57. The van der Waals surface area contributed by atoms with Crippen molar-refractivity contribution in [2.75, 3.05) is 6.54 Å². The molecule has 1 aromatic rings. The third-order valence-corrected chi connectivity index (χ3v) is 3.07. The third-order valence-electron chi connectivity index (χ3n) is 3.07. The molecule has 3 nitrogen and oxygen atoms in total. The maximum absolute atomic E-state index is 4.37. The summed E-state index contributed by atoms with van der Waals surface area (Å²) >= 11 is 0. The molecule has 0 bridgehead atoms. The van der Waals surface area contributed by atoms with E-state index in [0.29, 0.717) is 11.5 Å². The van der Waals surface area contributed by atoms with E-state index in [-0.39, 0.29) is 0 Å². The normalized spacial score (nSPS) is 14.1. The van der Waals surface area contributed by atoms with Crippen LogP contribution in [0, 0.1) is 5.41 Å². The van der Waals surface area contributed by atoms with E-state index in [1.807, 2.05) is 12.4 Å². The van der Waals surface area contributed by atoms with Gasteiger partial charge in [-0.15, -0.1) is 0 Å². The summed E-state index contributed by atoms with van der Waals surface area (Å²) in [5.41, 5.74) is 0.307. The number of hydrogen-bond acceptors (Lipinski definition) is 2. The summed E-state index contributed by atoms with van der Waals surface area (Å²) in [6.07, 6.45) is 6.06. The summed E-state index contributed by atoms with van der Waals surface area (Å²) in [5.74, 6) is 1.17. The first-order valence-electron chi connectivity index (χ1n) is 6.14. The fourth-order valence-electron chi connectivity index (χ4n) is 2.00. The number of nitrogens with zero attached hydrogens (tertiary/aromatic N) is 2. The minimum absolute atomic E-state index is 0.307. The first-order valence-corrected chi connectivity index (χ1v) is 6.14. The molecule has 0 saturated heterocycles. The molecular weight excluding hydrogens is 198 g/mol. The van der Waals surface area contributed by atoms with E-state index in [1.54, 1.807) is 0 Å². The van der Waals surface area contributed by atoms with E-state index in [4.69, 9.17) is 0 Å². The lowest BCUT2D eigenvalue weighted by molar-refractivity contribution is 0.257. The van der Waals surface area contributed by atoms with Crippen LogP contribution in [-0.2, 0) is 13.5 Å². The van der Waals surface area contributed by atoms with Gasteiger partial charge in [-0.1, -0.05) is 27.7 Å². The summed E-state index contributed by atoms with van der Waals surface area (Å²) in [6.45, 7) is 10.1. The van der Waals surface area contributed by atoms with Crippen molar-refractivity contribution in [2.45, 2.75) is 46.6 Å². The van der Waals surface area contributed by atoms with Gasteiger partial charge in [-0.3, -0.25) is 0 Å². The maximum atomic E-state index is 4.37. The summed E-state index contributed by atoms with van der Waals surface area (Å²) in [7, 11) is 2.06.